The zero-order valence-electron chi connectivity index (χ0n) is 9.46. The first-order valence-electron chi connectivity index (χ1n) is 5.17. The molecule has 1 aliphatic heterocycles. The van der Waals surface area contributed by atoms with E-state index in [4.69, 9.17) is 0 Å². The first-order valence-corrected chi connectivity index (χ1v) is 5.17. The number of alkyl carbamates (subject to hydrolysis) is 1. The Kier molecular flexibility index (Phi) is 4.62. The monoisotopic (exact) mass is 299 g/mol. The van der Waals surface area contributed by atoms with Crippen LogP contribution in [-0.2, 0) is 10.9 Å². The fourth-order valence-corrected chi connectivity index (χ4v) is 1.75. The van der Waals surface area contributed by atoms with Crippen molar-refractivity contribution in [1.29, 1.82) is 0 Å². The molecule has 0 spiro atoms. The Bertz CT molecular complexity index is 478. The predicted molar refractivity (Wildman–Crippen MR) is 60.5 cm³/mol. The largest absolute Gasteiger partial charge is 0.449 e. The molecular weight excluding hydrogens is 290 g/mol. The Morgan fingerprint density at radius 3 is 2.53 bits per heavy atom. The number of hydrogen-bond acceptors (Lipinski definition) is 2. The summed E-state index contributed by atoms with van der Waals surface area (Å²) in [5, 5.41) is 2.34. The zero-order valence-corrected chi connectivity index (χ0v) is 10.3. The van der Waals surface area contributed by atoms with Crippen molar-refractivity contribution in [2.45, 2.75) is 18.6 Å². The number of rotatable bonds is 1. The van der Waals surface area contributed by atoms with Crippen LogP contribution in [0.15, 0.2) is 18.2 Å². The van der Waals surface area contributed by atoms with Gasteiger partial charge in [-0.2, -0.15) is 13.2 Å². The molecule has 106 valence electrons. The lowest BCUT2D eigenvalue weighted by Crippen LogP contribution is -2.35. The second-order valence-corrected chi connectivity index (χ2v) is 3.89. The molecule has 1 N–H and O–H groups in total. The highest BCUT2D eigenvalue weighted by Crippen LogP contribution is 2.32. The second kappa shape index (κ2) is 5.64. The Hall–Kier alpha value is -1.50. The van der Waals surface area contributed by atoms with Gasteiger partial charge in [0.1, 0.15) is 5.82 Å². The van der Waals surface area contributed by atoms with E-state index in [0.29, 0.717) is 12.5 Å². The fourth-order valence-electron chi connectivity index (χ4n) is 1.75. The summed E-state index contributed by atoms with van der Waals surface area (Å²) < 4.78 is 55.3. The molecule has 1 aromatic carbocycles. The van der Waals surface area contributed by atoms with Gasteiger partial charge >= 0.3 is 12.3 Å². The van der Waals surface area contributed by atoms with E-state index >= 15 is 0 Å². The number of benzene rings is 1. The zero-order chi connectivity index (χ0) is 13.3. The van der Waals surface area contributed by atoms with Crippen molar-refractivity contribution in [3.8, 4) is 0 Å². The van der Waals surface area contributed by atoms with Gasteiger partial charge in [0.2, 0.25) is 0 Å². The van der Waals surface area contributed by atoms with Gasteiger partial charge in [-0.15, -0.1) is 12.4 Å². The number of cyclic esters (lactones) is 1. The molecule has 1 fully saturated rings. The van der Waals surface area contributed by atoms with Crippen LogP contribution in [0.1, 0.15) is 23.6 Å². The summed E-state index contributed by atoms with van der Waals surface area (Å²) in [6.07, 6.45) is -5.04. The van der Waals surface area contributed by atoms with Crippen LogP contribution in [0, 0.1) is 5.82 Å². The van der Waals surface area contributed by atoms with Gasteiger partial charge in [0, 0.05) is 6.42 Å². The molecule has 2 rings (SSSR count). The van der Waals surface area contributed by atoms with Gasteiger partial charge in [0.25, 0.3) is 0 Å². The predicted octanol–water partition coefficient (Wildman–Crippen LogP) is 3.44. The van der Waals surface area contributed by atoms with Crippen molar-refractivity contribution in [1.82, 2.24) is 5.32 Å². The molecule has 0 saturated carbocycles. The lowest BCUT2D eigenvalue weighted by Gasteiger charge is -2.24. The van der Waals surface area contributed by atoms with E-state index in [0.717, 1.165) is 12.1 Å². The van der Waals surface area contributed by atoms with Gasteiger partial charge in [-0.05, 0) is 23.8 Å². The molecule has 0 unspecified atom stereocenters. The van der Waals surface area contributed by atoms with Crippen molar-refractivity contribution in [3.63, 3.8) is 0 Å². The van der Waals surface area contributed by atoms with Gasteiger partial charge < -0.3 is 10.1 Å². The van der Waals surface area contributed by atoms with Gasteiger partial charge in [0.05, 0.1) is 18.2 Å². The van der Waals surface area contributed by atoms with E-state index in [2.05, 4.69) is 10.1 Å². The molecule has 0 aliphatic carbocycles. The number of nitrogens with one attached hydrogen (secondary N) is 1. The van der Waals surface area contributed by atoms with Crippen LogP contribution in [0.25, 0.3) is 0 Å². The number of carbonyl (C=O) groups is 1. The summed E-state index contributed by atoms with van der Waals surface area (Å²) in [6, 6.07) is 1.57. The molecule has 8 heteroatoms. The van der Waals surface area contributed by atoms with Crippen molar-refractivity contribution < 1.29 is 27.1 Å². The summed E-state index contributed by atoms with van der Waals surface area (Å²) in [4.78, 5) is 11.0. The van der Waals surface area contributed by atoms with Crippen LogP contribution in [0.4, 0.5) is 22.4 Å². The Morgan fingerprint density at radius 2 is 1.95 bits per heavy atom. The molecular formula is C11H10ClF4NO2. The third kappa shape index (κ3) is 3.73. The third-order valence-corrected chi connectivity index (χ3v) is 2.58. The minimum Gasteiger partial charge on any atom is -0.449 e. The standard InChI is InChI=1S/C11H9F4NO2.ClH/c12-8-4-6(3-7(5-8)11(13,14)15)9-1-2-18-10(17)16-9;/h3-5,9H,1-2H2,(H,16,17);1H/t9-;/m0./s1. The molecule has 0 bridgehead atoms. The van der Waals surface area contributed by atoms with Gasteiger partial charge in [-0.3, -0.25) is 0 Å². The van der Waals surface area contributed by atoms with Crippen molar-refractivity contribution in [3.05, 3.63) is 35.1 Å². The lowest BCUT2D eigenvalue weighted by atomic mass is 10.0. The number of halogens is 5. The summed E-state index contributed by atoms with van der Waals surface area (Å²) in [5.41, 5.74) is -0.989. The number of ether oxygens (including phenoxy) is 1. The molecule has 1 heterocycles. The fraction of sp³-hybridized carbons (Fsp3) is 0.364. The third-order valence-electron chi connectivity index (χ3n) is 2.58. The molecule has 19 heavy (non-hydrogen) atoms. The van der Waals surface area contributed by atoms with E-state index < -0.39 is 29.7 Å². The van der Waals surface area contributed by atoms with Gasteiger partial charge in [-0.1, -0.05) is 0 Å². The Morgan fingerprint density at radius 1 is 1.26 bits per heavy atom. The summed E-state index contributed by atoms with van der Waals surface area (Å²) in [6.45, 7) is 0.0916. The van der Waals surface area contributed by atoms with Crippen LogP contribution in [0.5, 0.6) is 0 Å². The van der Waals surface area contributed by atoms with Crippen molar-refractivity contribution in [2.24, 2.45) is 0 Å². The molecule has 1 saturated heterocycles. The number of hydrogen-bond donors (Lipinski definition) is 1. The smallest absolute Gasteiger partial charge is 0.416 e. The highest BCUT2D eigenvalue weighted by Gasteiger charge is 2.32. The van der Waals surface area contributed by atoms with E-state index in [1.807, 2.05) is 0 Å². The van der Waals surface area contributed by atoms with Crippen LogP contribution >= 0.6 is 12.4 Å². The molecule has 1 aliphatic rings. The van der Waals surface area contributed by atoms with Crippen LogP contribution < -0.4 is 5.32 Å². The Labute approximate surface area is 112 Å². The van der Waals surface area contributed by atoms with Crippen molar-refractivity contribution in [2.75, 3.05) is 6.61 Å². The van der Waals surface area contributed by atoms with Crippen LogP contribution in [-0.4, -0.2) is 12.7 Å². The summed E-state index contributed by atoms with van der Waals surface area (Å²) in [5.74, 6) is -0.986. The molecule has 1 aromatic rings. The maximum atomic E-state index is 13.2. The topological polar surface area (TPSA) is 38.3 Å². The van der Waals surface area contributed by atoms with Crippen molar-refractivity contribution >= 4 is 18.5 Å². The molecule has 1 atom stereocenters. The summed E-state index contributed by atoms with van der Waals surface area (Å²) >= 11 is 0. The SMILES string of the molecule is Cl.O=C1N[C@H](c2cc(F)cc(C(F)(F)F)c2)CCO1. The minimum absolute atomic E-state index is 0. The summed E-state index contributed by atoms with van der Waals surface area (Å²) in [7, 11) is 0. The maximum absolute atomic E-state index is 13.2. The second-order valence-electron chi connectivity index (χ2n) is 3.89. The Balaban J connectivity index is 0.00000180. The van der Waals surface area contributed by atoms with Crippen LogP contribution in [0.2, 0.25) is 0 Å². The van der Waals surface area contributed by atoms with Gasteiger partial charge in [-0.25, -0.2) is 9.18 Å². The number of amides is 1. The average molecular weight is 300 g/mol. The highest BCUT2D eigenvalue weighted by atomic mass is 35.5. The van der Waals surface area contributed by atoms with E-state index in [1.165, 1.54) is 0 Å². The first-order chi connectivity index (χ1) is 8.36. The molecule has 3 nitrogen and oxygen atoms in total. The molecule has 0 aromatic heterocycles. The quantitative estimate of drug-likeness (QED) is 0.807. The van der Waals surface area contributed by atoms with E-state index in [9.17, 15) is 22.4 Å². The highest BCUT2D eigenvalue weighted by molar-refractivity contribution is 5.85. The minimum atomic E-state index is -4.62. The number of carbonyl (C=O) groups excluding carboxylic acids is 1. The lowest BCUT2D eigenvalue weighted by molar-refractivity contribution is -0.137. The molecule has 0 radical (unpaired) electrons. The van der Waals surface area contributed by atoms with E-state index in [1.54, 1.807) is 0 Å². The normalized spacial score (nSPS) is 19.2. The maximum Gasteiger partial charge on any atom is 0.416 e. The molecule has 1 amide bonds. The average Bonchev–Trinajstić information content (AvgIpc) is 2.27. The van der Waals surface area contributed by atoms with E-state index in [-0.39, 0.29) is 24.6 Å². The van der Waals surface area contributed by atoms with Gasteiger partial charge in [0.15, 0.2) is 0 Å². The first kappa shape index (κ1) is 15.6. The van der Waals surface area contributed by atoms with Crippen LogP contribution in [0.3, 0.4) is 0 Å². The number of alkyl halides is 3.